The average molecular weight is 373 g/mol. The molecule has 0 amide bonds. The molecule has 0 aliphatic carbocycles. The number of likely N-dealkylation sites (tertiary alicyclic amines) is 1. The topological polar surface area (TPSA) is 24.5 Å². The van der Waals surface area contributed by atoms with E-state index in [0.29, 0.717) is 5.92 Å². The summed E-state index contributed by atoms with van der Waals surface area (Å²) in [7, 11) is 1.92. The first kappa shape index (κ1) is 19.1. The fourth-order valence-electron chi connectivity index (χ4n) is 4.01. The van der Waals surface area contributed by atoms with Crippen molar-refractivity contribution in [1.82, 2.24) is 4.90 Å². The Kier molecular flexibility index (Phi) is 6.10. The Morgan fingerprint density at radius 3 is 2.65 bits per heavy atom. The van der Waals surface area contributed by atoms with Crippen molar-refractivity contribution in [2.45, 2.75) is 38.1 Å². The number of rotatable bonds is 7. The normalized spacial score (nSPS) is 19.5. The molecule has 1 N–H and O–H groups in total. The molecule has 0 spiro atoms. The second-order valence-corrected chi connectivity index (χ2v) is 7.95. The van der Waals surface area contributed by atoms with Crippen LogP contribution in [0, 0.1) is 0 Å². The molecule has 1 heterocycles. The largest absolute Gasteiger partial charge is 0.494 e. The molecule has 0 bridgehead atoms. The number of hydrogen-bond donors (Lipinski definition) is 1. The summed E-state index contributed by atoms with van der Waals surface area (Å²) < 4.78 is 5.89. The standard InChI is InChI=1S/C22H29ClN2O/c1-22(2)21(17-6-4-7-18(23)16-17)12-14-25(22)13-5-15-26-20-10-8-19(24-3)9-11-20/h4,6-11,16,21,24H,5,12-15H2,1-3H3. The Bertz CT molecular complexity index is 714. The van der Waals surface area contributed by atoms with Crippen molar-refractivity contribution in [1.29, 1.82) is 0 Å². The van der Waals surface area contributed by atoms with Gasteiger partial charge in [-0.2, -0.15) is 0 Å². The van der Waals surface area contributed by atoms with E-state index in [-0.39, 0.29) is 5.54 Å². The summed E-state index contributed by atoms with van der Waals surface area (Å²) in [5, 5.41) is 3.95. The molecule has 4 heteroatoms. The van der Waals surface area contributed by atoms with Gasteiger partial charge in [-0.25, -0.2) is 0 Å². The van der Waals surface area contributed by atoms with Gasteiger partial charge in [0.1, 0.15) is 5.75 Å². The maximum Gasteiger partial charge on any atom is 0.119 e. The van der Waals surface area contributed by atoms with Crippen LogP contribution in [0.1, 0.15) is 38.2 Å². The van der Waals surface area contributed by atoms with Crippen molar-refractivity contribution >= 4 is 17.3 Å². The molecule has 26 heavy (non-hydrogen) atoms. The van der Waals surface area contributed by atoms with Gasteiger partial charge in [-0.15, -0.1) is 0 Å². The first-order valence-corrected chi connectivity index (χ1v) is 9.79. The summed E-state index contributed by atoms with van der Waals surface area (Å²) in [5.74, 6) is 1.46. The van der Waals surface area contributed by atoms with Crippen LogP contribution in [0.5, 0.6) is 5.75 Å². The third kappa shape index (κ3) is 4.33. The average Bonchev–Trinajstić information content (AvgIpc) is 2.93. The zero-order chi connectivity index (χ0) is 18.6. The summed E-state index contributed by atoms with van der Waals surface area (Å²) in [4.78, 5) is 2.59. The third-order valence-electron chi connectivity index (χ3n) is 5.59. The molecule has 2 aromatic carbocycles. The van der Waals surface area contributed by atoms with Gasteiger partial charge in [-0.05, 0) is 75.2 Å². The van der Waals surface area contributed by atoms with E-state index in [2.05, 4.69) is 42.3 Å². The summed E-state index contributed by atoms with van der Waals surface area (Å²) in [5.41, 5.74) is 2.59. The van der Waals surface area contributed by atoms with Crippen LogP contribution >= 0.6 is 11.6 Å². The Hall–Kier alpha value is -1.71. The maximum absolute atomic E-state index is 6.20. The van der Waals surface area contributed by atoms with Crippen LogP contribution in [0.25, 0.3) is 0 Å². The lowest BCUT2D eigenvalue weighted by Crippen LogP contribution is -2.42. The Labute approximate surface area is 162 Å². The van der Waals surface area contributed by atoms with Crippen molar-refractivity contribution in [3.8, 4) is 5.75 Å². The zero-order valence-electron chi connectivity index (χ0n) is 16.0. The van der Waals surface area contributed by atoms with Gasteiger partial charge in [0.05, 0.1) is 6.61 Å². The SMILES string of the molecule is CNc1ccc(OCCCN2CCC(c3cccc(Cl)c3)C2(C)C)cc1. The highest BCUT2D eigenvalue weighted by molar-refractivity contribution is 6.30. The van der Waals surface area contributed by atoms with Gasteiger partial charge in [0.2, 0.25) is 0 Å². The number of nitrogens with one attached hydrogen (secondary N) is 1. The Morgan fingerprint density at radius 1 is 1.19 bits per heavy atom. The molecule has 1 saturated heterocycles. The molecule has 1 aliphatic rings. The van der Waals surface area contributed by atoms with Gasteiger partial charge >= 0.3 is 0 Å². The van der Waals surface area contributed by atoms with Crippen molar-refractivity contribution in [2.24, 2.45) is 0 Å². The molecular weight excluding hydrogens is 344 g/mol. The van der Waals surface area contributed by atoms with Crippen LogP contribution in [0.4, 0.5) is 5.69 Å². The molecule has 3 nitrogen and oxygen atoms in total. The minimum absolute atomic E-state index is 0.138. The quantitative estimate of drug-likeness (QED) is 0.657. The molecule has 3 rings (SSSR count). The van der Waals surface area contributed by atoms with Crippen LogP contribution in [-0.4, -0.2) is 37.2 Å². The smallest absolute Gasteiger partial charge is 0.119 e. The monoisotopic (exact) mass is 372 g/mol. The predicted octanol–water partition coefficient (Wildman–Crippen LogP) is 5.42. The van der Waals surface area contributed by atoms with E-state index in [9.17, 15) is 0 Å². The summed E-state index contributed by atoms with van der Waals surface area (Å²) in [6, 6.07) is 16.4. The predicted molar refractivity (Wildman–Crippen MR) is 111 cm³/mol. The highest BCUT2D eigenvalue weighted by Crippen LogP contribution is 2.42. The van der Waals surface area contributed by atoms with Gasteiger partial charge in [-0.3, -0.25) is 4.90 Å². The first-order chi connectivity index (χ1) is 12.5. The van der Waals surface area contributed by atoms with Crippen molar-refractivity contribution in [3.05, 3.63) is 59.1 Å². The fourth-order valence-corrected chi connectivity index (χ4v) is 4.21. The fraction of sp³-hybridized carbons (Fsp3) is 0.455. The molecule has 1 atom stereocenters. The molecule has 1 unspecified atom stereocenters. The van der Waals surface area contributed by atoms with E-state index in [1.165, 1.54) is 12.0 Å². The van der Waals surface area contributed by atoms with E-state index in [4.69, 9.17) is 16.3 Å². The summed E-state index contributed by atoms with van der Waals surface area (Å²) in [6.45, 7) is 7.62. The number of anilines is 1. The molecule has 0 aromatic heterocycles. The van der Waals surface area contributed by atoms with E-state index in [1.54, 1.807) is 0 Å². The van der Waals surface area contributed by atoms with Gasteiger partial charge in [0, 0.05) is 35.8 Å². The highest BCUT2D eigenvalue weighted by Gasteiger charge is 2.41. The molecular formula is C22H29ClN2O. The third-order valence-corrected chi connectivity index (χ3v) is 5.83. The molecule has 140 valence electrons. The van der Waals surface area contributed by atoms with E-state index in [0.717, 1.165) is 42.6 Å². The number of ether oxygens (including phenoxy) is 1. The van der Waals surface area contributed by atoms with Crippen LogP contribution in [0.3, 0.4) is 0 Å². The second kappa shape index (κ2) is 8.32. The lowest BCUT2D eigenvalue weighted by Gasteiger charge is -2.36. The van der Waals surface area contributed by atoms with Crippen LogP contribution in [-0.2, 0) is 0 Å². The Balaban J connectivity index is 1.50. The first-order valence-electron chi connectivity index (χ1n) is 9.42. The van der Waals surface area contributed by atoms with Gasteiger partial charge in [0.15, 0.2) is 0 Å². The maximum atomic E-state index is 6.20. The van der Waals surface area contributed by atoms with E-state index < -0.39 is 0 Å². The molecule has 0 saturated carbocycles. The van der Waals surface area contributed by atoms with E-state index in [1.807, 2.05) is 37.4 Å². The van der Waals surface area contributed by atoms with Crippen LogP contribution in [0.15, 0.2) is 48.5 Å². The van der Waals surface area contributed by atoms with E-state index >= 15 is 0 Å². The second-order valence-electron chi connectivity index (χ2n) is 7.51. The van der Waals surface area contributed by atoms with Crippen molar-refractivity contribution < 1.29 is 4.74 Å². The van der Waals surface area contributed by atoms with Crippen LogP contribution in [0.2, 0.25) is 5.02 Å². The number of hydrogen-bond acceptors (Lipinski definition) is 3. The molecule has 1 aliphatic heterocycles. The zero-order valence-corrected chi connectivity index (χ0v) is 16.7. The number of halogens is 1. The minimum Gasteiger partial charge on any atom is -0.494 e. The molecule has 0 radical (unpaired) electrons. The lowest BCUT2D eigenvalue weighted by molar-refractivity contribution is 0.149. The van der Waals surface area contributed by atoms with Crippen molar-refractivity contribution in [3.63, 3.8) is 0 Å². The summed E-state index contributed by atoms with van der Waals surface area (Å²) >= 11 is 6.20. The number of nitrogens with zero attached hydrogens (tertiary/aromatic N) is 1. The van der Waals surface area contributed by atoms with Gasteiger partial charge in [0.25, 0.3) is 0 Å². The molecule has 1 fully saturated rings. The van der Waals surface area contributed by atoms with Gasteiger partial charge < -0.3 is 10.1 Å². The lowest BCUT2D eigenvalue weighted by atomic mass is 9.83. The minimum atomic E-state index is 0.138. The van der Waals surface area contributed by atoms with Gasteiger partial charge in [-0.1, -0.05) is 23.7 Å². The summed E-state index contributed by atoms with van der Waals surface area (Å²) in [6.07, 6.45) is 2.21. The highest BCUT2D eigenvalue weighted by atomic mass is 35.5. The molecule has 2 aromatic rings. The van der Waals surface area contributed by atoms with Crippen molar-refractivity contribution in [2.75, 3.05) is 32.1 Å². The Morgan fingerprint density at radius 2 is 1.96 bits per heavy atom. The van der Waals surface area contributed by atoms with Crippen LogP contribution < -0.4 is 10.1 Å². The number of benzene rings is 2.